The summed E-state index contributed by atoms with van der Waals surface area (Å²) in [4.78, 5) is 26.3. The Morgan fingerprint density at radius 2 is 1.89 bits per heavy atom. The average Bonchev–Trinajstić information content (AvgIpc) is 3.65. The predicted molar refractivity (Wildman–Crippen MR) is 187 cm³/mol. The van der Waals surface area contributed by atoms with E-state index >= 15 is 0 Å². The SMILES string of the molecule is CCOC(=O)c1nc(N(C)c2cc(C)c(Nc3nc4ccccc4s3)nn2)sc1/C=C(\C)COc1ccc(C#CCN(C)C)cc1F. The molecule has 1 N–H and O–H groups in total. The average molecular weight is 672 g/mol. The predicted octanol–water partition coefficient (Wildman–Crippen LogP) is 7.07. The van der Waals surface area contributed by atoms with E-state index in [0.29, 0.717) is 33.8 Å². The number of fused-ring (bicyclic) bond motifs is 1. The summed E-state index contributed by atoms with van der Waals surface area (Å²) in [6.45, 7) is 6.39. The Labute approximate surface area is 280 Å². The summed E-state index contributed by atoms with van der Waals surface area (Å²) in [6.07, 6.45) is 1.79. The largest absolute Gasteiger partial charge is 0.486 e. The number of halogens is 1. The lowest BCUT2D eigenvalue weighted by molar-refractivity contribution is 0.0520. The summed E-state index contributed by atoms with van der Waals surface area (Å²) in [6, 6.07) is 14.4. The number of aryl methyl sites for hydroxylation is 1. The van der Waals surface area contributed by atoms with Crippen LogP contribution in [-0.2, 0) is 4.74 Å². The number of nitrogens with zero attached hydrogens (tertiary/aromatic N) is 6. The summed E-state index contributed by atoms with van der Waals surface area (Å²) in [5.41, 5.74) is 3.27. The summed E-state index contributed by atoms with van der Waals surface area (Å²) in [7, 11) is 5.64. The molecule has 3 heterocycles. The van der Waals surface area contributed by atoms with E-state index in [4.69, 9.17) is 9.47 Å². The van der Waals surface area contributed by atoms with E-state index in [1.807, 2.05) is 63.2 Å². The van der Waals surface area contributed by atoms with Crippen LogP contribution in [0.4, 0.5) is 26.3 Å². The van der Waals surface area contributed by atoms with Gasteiger partial charge < -0.3 is 19.7 Å². The molecule has 5 aromatic rings. The van der Waals surface area contributed by atoms with E-state index in [9.17, 15) is 9.18 Å². The number of hydrogen-bond acceptors (Lipinski definition) is 12. The number of rotatable bonds is 11. The maximum Gasteiger partial charge on any atom is 0.358 e. The molecule has 0 saturated heterocycles. The van der Waals surface area contributed by atoms with Crippen molar-refractivity contribution in [2.45, 2.75) is 20.8 Å². The van der Waals surface area contributed by atoms with Gasteiger partial charge in [0.05, 0.1) is 28.2 Å². The molecule has 0 saturated carbocycles. The molecule has 0 aliphatic heterocycles. The molecule has 0 atom stereocenters. The molecular weight excluding hydrogens is 638 g/mol. The molecule has 0 aliphatic carbocycles. The second-order valence-electron chi connectivity index (χ2n) is 10.8. The van der Waals surface area contributed by atoms with Crippen LogP contribution in [0.15, 0.2) is 54.1 Å². The Bertz CT molecular complexity index is 1960. The van der Waals surface area contributed by atoms with E-state index in [2.05, 4.69) is 37.3 Å². The molecule has 242 valence electrons. The van der Waals surface area contributed by atoms with E-state index in [1.54, 1.807) is 37.1 Å². The van der Waals surface area contributed by atoms with Crippen LogP contribution in [0.3, 0.4) is 0 Å². The first-order valence-corrected chi connectivity index (χ1v) is 16.4. The Morgan fingerprint density at radius 3 is 2.62 bits per heavy atom. The molecule has 0 unspecified atom stereocenters. The second kappa shape index (κ2) is 15.1. The molecule has 2 aromatic carbocycles. The number of carbonyl (C=O) groups is 1. The number of thiazole rings is 2. The standard InChI is InChI=1S/C34H34FN7O3S2/c1-7-44-32(43)30-28(17-21(2)20-45-26-15-14-23(19-24(26)35)11-10-16-41(4)5)47-34(37-30)42(6)29-18-22(3)31(40-39-29)38-33-36-25-12-8-9-13-27(25)46-33/h8-9,12-15,17-19H,7,16,20H2,1-6H3,(H,36,38,40)/b21-17+. The molecule has 0 bridgehead atoms. The van der Waals surface area contributed by atoms with E-state index in [1.165, 1.54) is 28.7 Å². The van der Waals surface area contributed by atoms with Crippen molar-refractivity contribution in [2.24, 2.45) is 0 Å². The van der Waals surface area contributed by atoms with Gasteiger partial charge in [0.25, 0.3) is 0 Å². The van der Waals surface area contributed by atoms with Crippen LogP contribution in [0, 0.1) is 24.6 Å². The Kier molecular flexibility index (Phi) is 10.8. The molecule has 13 heteroatoms. The van der Waals surface area contributed by atoms with Gasteiger partial charge in [-0.1, -0.05) is 46.6 Å². The van der Waals surface area contributed by atoms with E-state index < -0.39 is 11.8 Å². The van der Waals surface area contributed by atoms with Gasteiger partial charge in [0, 0.05) is 12.6 Å². The van der Waals surface area contributed by atoms with E-state index in [-0.39, 0.29) is 24.7 Å². The lowest BCUT2D eigenvalue weighted by atomic mass is 10.2. The Balaban J connectivity index is 1.31. The molecule has 5 rings (SSSR count). The lowest BCUT2D eigenvalue weighted by Crippen LogP contribution is -2.13. The first-order valence-electron chi connectivity index (χ1n) is 14.7. The van der Waals surface area contributed by atoms with Gasteiger partial charge in [-0.05, 0) is 88.5 Å². The van der Waals surface area contributed by atoms with Gasteiger partial charge in [-0.2, -0.15) is 0 Å². The summed E-state index contributed by atoms with van der Waals surface area (Å²) in [5.74, 6) is 6.14. The van der Waals surface area contributed by atoms with Gasteiger partial charge in [-0.25, -0.2) is 19.2 Å². The molecule has 10 nitrogen and oxygen atoms in total. The van der Waals surface area contributed by atoms with Gasteiger partial charge >= 0.3 is 5.97 Å². The number of para-hydroxylation sites is 1. The number of esters is 1. The van der Waals surface area contributed by atoms with Crippen molar-refractivity contribution in [2.75, 3.05) is 51.1 Å². The number of hydrogen-bond donors (Lipinski definition) is 1. The number of carbonyl (C=O) groups excluding carboxylic acids is 1. The fourth-order valence-corrected chi connectivity index (χ4v) is 6.16. The zero-order valence-electron chi connectivity index (χ0n) is 26.9. The smallest absolute Gasteiger partial charge is 0.358 e. The third-order valence-corrected chi connectivity index (χ3v) is 8.66. The van der Waals surface area contributed by atoms with Crippen LogP contribution < -0.4 is 15.0 Å². The minimum Gasteiger partial charge on any atom is -0.486 e. The number of nitrogens with one attached hydrogen (secondary N) is 1. The number of benzene rings is 2. The first kappa shape index (κ1) is 33.5. The minimum atomic E-state index is -0.543. The van der Waals surface area contributed by atoms with Crippen LogP contribution in [0.1, 0.15) is 40.3 Å². The number of aromatic nitrogens is 4. The van der Waals surface area contributed by atoms with Crippen molar-refractivity contribution in [3.05, 3.63) is 81.6 Å². The topological polar surface area (TPSA) is 106 Å². The van der Waals surface area contributed by atoms with Gasteiger partial charge in [0.1, 0.15) is 6.61 Å². The quantitative estimate of drug-likeness (QED) is 0.116. The van der Waals surface area contributed by atoms with E-state index in [0.717, 1.165) is 26.5 Å². The molecule has 0 amide bonds. The van der Waals surface area contributed by atoms with Crippen molar-refractivity contribution in [1.82, 2.24) is 25.1 Å². The third-order valence-electron chi connectivity index (χ3n) is 6.62. The van der Waals surface area contributed by atoms with Crippen LogP contribution in [0.25, 0.3) is 16.3 Å². The van der Waals surface area contributed by atoms with Gasteiger partial charge in [-0.15, -0.1) is 10.2 Å². The molecule has 0 radical (unpaired) electrons. The van der Waals surface area contributed by atoms with Gasteiger partial charge in [0.2, 0.25) is 0 Å². The van der Waals surface area contributed by atoms with Crippen molar-refractivity contribution in [3.8, 4) is 17.6 Å². The molecular formula is C34H34FN7O3S2. The summed E-state index contributed by atoms with van der Waals surface area (Å²) in [5, 5.41) is 13.3. The van der Waals surface area contributed by atoms with Crippen molar-refractivity contribution < 1.29 is 18.7 Å². The second-order valence-corrected chi connectivity index (χ2v) is 12.8. The highest BCUT2D eigenvalue weighted by molar-refractivity contribution is 7.22. The summed E-state index contributed by atoms with van der Waals surface area (Å²) >= 11 is 2.83. The maximum absolute atomic E-state index is 14.7. The Morgan fingerprint density at radius 1 is 1.09 bits per heavy atom. The van der Waals surface area contributed by atoms with Gasteiger partial charge in [0.15, 0.2) is 39.2 Å². The fourth-order valence-electron chi connectivity index (χ4n) is 4.24. The van der Waals surface area contributed by atoms with Crippen LogP contribution in [-0.4, -0.2) is 71.9 Å². The van der Waals surface area contributed by atoms with Gasteiger partial charge in [-0.3, -0.25) is 4.90 Å². The molecule has 0 aliphatic rings. The zero-order valence-corrected chi connectivity index (χ0v) is 28.6. The molecule has 47 heavy (non-hydrogen) atoms. The highest BCUT2D eigenvalue weighted by Gasteiger charge is 2.22. The summed E-state index contributed by atoms with van der Waals surface area (Å²) < 4.78 is 26.8. The van der Waals surface area contributed by atoms with Crippen molar-refractivity contribution in [1.29, 1.82) is 0 Å². The number of anilines is 4. The minimum absolute atomic E-state index is 0.0989. The van der Waals surface area contributed by atoms with Crippen LogP contribution >= 0.6 is 22.7 Å². The fraction of sp³-hybridized carbons (Fsp3) is 0.265. The monoisotopic (exact) mass is 671 g/mol. The lowest BCUT2D eigenvalue weighted by Gasteiger charge is -2.15. The Hall–Kier alpha value is -4.90. The highest BCUT2D eigenvalue weighted by atomic mass is 32.1. The van der Waals surface area contributed by atoms with Crippen LogP contribution in [0.2, 0.25) is 0 Å². The third kappa shape index (κ3) is 8.48. The van der Waals surface area contributed by atoms with Crippen LogP contribution in [0.5, 0.6) is 5.75 Å². The molecule has 0 fully saturated rings. The highest BCUT2D eigenvalue weighted by Crippen LogP contribution is 2.34. The van der Waals surface area contributed by atoms with Crippen molar-refractivity contribution in [3.63, 3.8) is 0 Å². The molecule has 3 aromatic heterocycles. The molecule has 0 spiro atoms. The van der Waals surface area contributed by atoms with Crippen molar-refractivity contribution >= 4 is 66.8 Å². The zero-order chi connectivity index (χ0) is 33.5. The normalized spacial score (nSPS) is 11.4. The maximum atomic E-state index is 14.7. The first-order chi connectivity index (χ1) is 22.6. The number of ether oxygens (including phenoxy) is 2.